The lowest BCUT2D eigenvalue weighted by Gasteiger charge is -2.07. The van der Waals surface area contributed by atoms with Crippen molar-refractivity contribution in [1.29, 1.82) is 0 Å². The van der Waals surface area contributed by atoms with Crippen LogP contribution in [0, 0.1) is 0 Å². The number of Topliss-reactive ketones (excluding diaryl/α,β-unsaturated/α-hetero) is 1. The second kappa shape index (κ2) is 5.25. The Morgan fingerprint density at radius 1 is 1.00 bits per heavy atom. The van der Waals surface area contributed by atoms with Gasteiger partial charge in [0.25, 0.3) is 5.91 Å². The Balaban J connectivity index is 1.91. The van der Waals surface area contributed by atoms with E-state index in [1.807, 2.05) is 18.2 Å². The molecule has 0 bridgehead atoms. The summed E-state index contributed by atoms with van der Waals surface area (Å²) in [5.41, 5.74) is 1.61. The van der Waals surface area contributed by atoms with Gasteiger partial charge < -0.3 is 9.73 Å². The molecule has 0 unspecified atom stereocenters. The van der Waals surface area contributed by atoms with E-state index < -0.39 is 0 Å². The molecule has 1 amide bonds. The van der Waals surface area contributed by atoms with Gasteiger partial charge in [0.2, 0.25) is 0 Å². The number of ketones is 1. The summed E-state index contributed by atoms with van der Waals surface area (Å²) in [6.07, 6.45) is 0. The summed E-state index contributed by atoms with van der Waals surface area (Å²) in [7, 11) is 0. The van der Waals surface area contributed by atoms with Crippen LogP contribution >= 0.6 is 0 Å². The van der Waals surface area contributed by atoms with Gasteiger partial charge in [-0.1, -0.05) is 30.3 Å². The number of carbonyl (C=O) groups excluding carboxylic acids is 2. The molecule has 2 aromatic carbocycles. The molecule has 4 nitrogen and oxygen atoms in total. The molecule has 0 fully saturated rings. The van der Waals surface area contributed by atoms with Gasteiger partial charge in [0, 0.05) is 10.9 Å². The van der Waals surface area contributed by atoms with Crippen molar-refractivity contribution in [3.63, 3.8) is 0 Å². The normalized spacial score (nSPS) is 10.5. The van der Waals surface area contributed by atoms with Crippen LogP contribution in [0.3, 0.4) is 0 Å². The van der Waals surface area contributed by atoms with Crippen molar-refractivity contribution in [2.24, 2.45) is 0 Å². The number of anilines is 1. The third-order valence-electron chi connectivity index (χ3n) is 3.20. The number of rotatable bonds is 3. The summed E-state index contributed by atoms with van der Waals surface area (Å²) in [5, 5.41) is 3.58. The second-order valence-corrected chi connectivity index (χ2v) is 4.70. The Labute approximate surface area is 121 Å². The van der Waals surface area contributed by atoms with Gasteiger partial charge in [-0.3, -0.25) is 9.59 Å². The summed E-state index contributed by atoms with van der Waals surface area (Å²) in [5.74, 6) is -0.259. The van der Waals surface area contributed by atoms with Crippen molar-refractivity contribution in [3.8, 4) is 0 Å². The lowest BCUT2D eigenvalue weighted by Crippen LogP contribution is -2.13. The van der Waals surface area contributed by atoms with Crippen LogP contribution in [-0.2, 0) is 0 Å². The molecule has 3 aromatic rings. The summed E-state index contributed by atoms with van der Waals surface area (Å²) in [6, 6.07) is 16.0. The van der Waals surface area contributed by atoms with Crippen LogP contribution in [0.1, 0.15) is 27.8 Å². The van der Waals surface area contributed by atoms with E-state index in [0.29, 0.717) is 16.8 Å². The van der Waals surface area contributed by atoms with E-state index in [9.17, 15) is 9.59 Å². The Morgan fingerprint density at radius 3 is 2.48 bits per heavy atom. The number of amides is 1. The topological polar surface area (TPSA) is 59.3 Å². The van der Waals surface area contributed by atoms with Crippen LogP contribution in [0.2, 0.25) is 0 Å². The molecule has 0 saturated carbocycles. The number of fused-ring (bicyclic) bond motifs is 1. The first-order valence-electron chi connectivity index (χ1n) is 6.55. The van der Waals surface area contributed by atoms with Crippen LogP contribution in [-0.4, -0.2) is 11.7 Å². The fraction of sp³-hybridized carbons (Fsp3) is 0.0588. The third-order valence-corrected chi connectivity index (χ3v) is 3.20. The van der Waals surface area contributed by atoms with Crippen LogP contribution < -0.4 is 5.32 Å². The van der Waals surface area contributed by atoms with Gasteiger partial charge >= 0.3 is 0 Å². The minimum atomic E-state index is -0.375. The molecule has 0 radical (unpaired) electrons. The van der Waals surface area contributed by atoms with Crippen molar-refractivity contribution >= 4 is 28.3 Å². The van der Waals surface area contributed by atoms with Crippen LogP contribution in [0.25, 0.3) is 11.0 Å². The van der Waals surface area contributed by atoms with Gasteiger partial charge in [-0.05, 0) is 31.2 Å². The molecule has 0 aliphatic heterocycles. The molecule has 0 aliphatic rings. The third kappa shape index (κ3) is 2.56. The number of furan rings is 1. The SMILES string of the molecule is CC(=O)c1ccccc1NC(=O)c1cc2ccccc2o1. The highest BCUT2D eigenvalue weighted by atomic mass is 16.3. The van der Waals surface area contributed by atoms with E-state index in [2.05, 4.69) is 5.32 Å². The van der Waals surface area contributed by atoms with Crippen molar-refractivity contribution in [1.82, 2.24) is 0 Å². The maximum Gasteiger partial charge on any atom is 0.291 e. The minimum Gasteiger partial charge on any atom is -0.451 e. The van der Waals surface area contributed by atoms with Crippen molar-refractivity contribution in [2.75, 3.05) is 5.32 Å². The van der Waals surface area contributed by atoms with Crippen molar-refractivity contribution in [3.05, 3.63) is 65.9 Å². The predicted octanol–water partition coefficient (Wildman–Crippen LogP) is 3.89. The van der Waals surface area contributed by atoms with E-state index in [0.717, 1.165) is 5.39 Å². The average molecular weight is 279 g/mol. The Hall–Kier alpha value is -2.88. The van der Waals surface area contributed by atoms with E-state index in [-0.39, 0.29) is 17.5 Å². The molecule has 1 aromatic heterocycles. The fourth-order valence-corrected chi connectivity index (χ4v) is 2.18. The summed E-state index contributed by atoms with van der Waals surface area (Å²) in [4.78, 5) is 23.8. The standard InChI is InChI=1S/C17H13NO3/c1-11(19)13-7-3-4-8-14(13)18-17(20)16-10-12-6-2-5-9-15(12)21-16/h2-10H,1H3,(H,18,20). The number of para-hydroxylation sites is 2. The smallest absolute Gasteiger partial charge is 0.291 e. The van der Waals surface area contributed by atoms with Gasteiger partial charge in [0.05, 0.1) is 5.69 Å². The summed E-state index contributed by atoms with van der Waals surface area (Å²) >= 11 is 0. The summed E-state index contributed by atoms with van der Waals surface area (Å²) < 4.78 is 5.51. The highest BCUT2D eigenvalue weighted by Gasteiger charge is 2.14. The maximum absolute atomic E-state index is 12.2. The van der Waals surface area contributed by atoms with E-state index >= 15 is 0 Å². The summed E-state index contributed by atoms with van der Waals surface area (Å²) in [6.45, 7) is 1.46. The zero-order valence-corrected chi connectivity index (χ0v) is 11.4. The number of hydrogen-bond donors (Lipinski definition) is 1. The van der Waals surface area contributed by atoms with E-state index in [1.54, 1.807) is 36.4 Å². The zero-order chi connectivity index (χ0) is 14.8. The number of hydrogen-bond acceptors (Lipinski definition) is 3. The fourth-order valence-electron chi connectivity index (χ4n) is 2.18. The highest BCUT2D eigenvalue weighted by molar-refractivity contribution is 6.09. The number of carbonyl (C=O) groups is 2. The molecular formula is C17H13NO3. The lowest BCUT2D eigenvalue weighted by molar-refractivity contribution is 0.0998. The molecule has 3 rings (SSSR count). The Morgan fingerprint density at radius 2 is 1.71 bits per heavy atom. The van der Waals surface area contributed by atoms with Crippen LogP contribution in [0.4, 0.5) is 5.69 Å². The quantitative estimate of drug-likeness (QED) is 0.740. The highest BCUT2D eigenvalue weighted by Crippen LogP contribution is 2.21. The average Bonchev–Trinajstić information content (AvgIpc) is 2.91. The molecule has 0 aliphatic carbocycles. The van der Waals surface area contributed by atoms with E-state index in [1.165, 1.54) is 6.92 Å². The second-order valence-electron chi connectivity index (χ2n) is 4.70. The first kappa shape index (κ1) is 13.1. The molecule has 0 atom stereocenters. The minimum absolute atomic E-state index is 0.101. The Bertz CT molecular complexity index is 800. The zero-order valence-electron chi connectivity index (χ0n) is 11.4. The van der Waals surface area contributed by atoms with Crippen LogP contribution in [0.5, 0.6) is 0 Å². The van der Waals surface area contributed by atoms with Gasteiger partial charge in [0.15, 0.2) is 11.5 Å². The van der Waals surface area contributed by atoms with Crippen molar-refractivity contribution in [2.45, 2.75) is 6.92 Å². The Kier molecular flexibility index (Phi) is 3.28. The molecule has 4 heteroatoms. The number of nitrogens with one attached hydrogen (secondary N) is 1. The lowest BCUT2D eigenvalue weighted by atomic mass is 10.1. The van der Waals surface area contributed by atoms with Crippen LogP contribution in [0.15, 0.2) is 59.0 Å². The monoisotopic (exact) mass is 279 g/mol. The molecule has 0 saturated heterocycles. The molecule has 21 heavy (non-hydrogen) atoms. The van der Waals surface area contributed by atoms with Gasteiger partial charge in [-0.2, -0.15) is 0 Å². The predicted molar refractivity (Wildman–Crippen MR) is 80.6 cm³/mol. The number of benzene rings is 2. The molecule has 0 spiro atoms. The van der Waals surface area contributed by atoms with Gasteiger partial charge in [-0.25, -0.2) is 0 Å². The van der Waals surface area contributed by atoms with Gasteiger partial charge in [0.1, 0.15) is 5.58 Å². The van der Waals surface area contributed by atoms with E-state index in [4.69, 9.17) is 4.42 Å². The molecular weight excluding hydrogens is 266 g/mol. The maximum atomic E-state index is 12.2. The first-order valence-corrected chi connectivity index (χ1v) is 6.55. The molecule has 104 valence electrons. The largest absolute Gasteiger partial charge is 0.451 e. The van der Waals surface area contributed by atoms with Crippen molar-refractivity contribution < 1.29 is 14.0 Å². The molecule has 1 heterocycles. The first-order chi connectivity index (χ1) is 10.1. The molecule has 1 N–H and O–H groups in total. The van der Waals surface area contributed by atoms with Gasteiger partial charge in [-0.15, -0.1) is 0 Å².